The van der Waals surface area contributed by atoms with Gasteiger partial charge in [-0.05, 0) is 41.9 Å². The molecule has 0 bridgehead atoms. The number of nitrogens with zero attached hydrogens (tertiary/aromatic N) is 1. The Hall–Kier alpha value is -0.670. The number of hydrogen-bond donors (Lipinski definition) is 0. The van der Waals surface area contributed by atoms with Crippen molar-refractivity contribution in [3.05, 3.63) is 29.3 Å². The molecule has 2 heterocycles. The first-order chi connectivity index (χ1) is 8.36. The highest BCUT2D eigenvalue weighted by molar-refractivity contribution is 7.99. The molecule has 2 nitrogen and oxygen atoms in total. The molecule has 3 rings (SSSR count). The van der Waals surface area contributed by atoms with E-state index >= 15 is 0 Å². The van der Waals surface area contributed by atoms with Gasteiger partial charge in [0.05, 0.1) is 7.11 Å². The highest BCUT2D eigenvalue weighted by Gasteiger charge is 2.26. The lowest BCUT2D eigenvalue weighted by Crippen LogP contribution is -2.39. The Morgan fingerprint density at radius 1 is 1.35 bits per heavy atom. The van der Waals surface area contributed by atoms with Crippen LogP contribution < -0.4 is 4.74 Å². The van der Waals surface area contributed by atoms with Gasteiger partial charge in [-0.3, -0.25) is 4.90 Å². The van der Waals surface area contributed by atoms with Crippen LogP contribution in [0.1, 0.15) is 17.5 Å². The molecular formula is C14H19NOS. The number of benzene rings is 1. The fraction of sp³-hybridized carbons (Fsp3) is 0.571. The first kappa shape index (κ1) is 11.4. The Morgan fingerprint density at radius 2 is 2.29 bits per heavy atom. The Balaban J connectivity index is 1.76. The van der Waals surface area contributed by atoms with Crippen molar-refractivity contribution in [3.63, 3.8) is 0 Å². The lowest BCUT2D eigenvalue weighted by Gasteiger charge is -2.33. The summed E-state index contributed by atoms with van der Waals surface area (Å²) in [4.78, 5) is 2.66. The molecule has 1 fully saturated rings. The molecular weight excluding hydrogens is 230 g/mol. The Morgan fingerprint density at radius 3 is 3.06 bits per heavy atom. The van der Waals surface area contributed by atoms with Crippen molar-refractivity contribution in [1.82, 2.24) is 4.90 Å². The van der Waals surface area contributed by atoms with Gasteiger partial charge in [-0.2, -0.15) is 11.8 Å². The smallest absolute Gasteiger partial charge is 0.119 e. The molecule has 0 aliphatic carbocycles. The van der Waals surface area contributed by atoms with Crippen LogP contribution in [0.2, 0.25) is 0 Å². The molecule has 1 unspecified atom stereocenters. The molecule has 0 saturated carbocycles. The van der Waals surface area contributed by atoms with Crippen LogP contribution in [0.15, 0.2) is 18.2 Å². The summed E-state index contributed by atoms with van der Waals surface area (Å²) in [6.45, 7) is 2.34. The van der Waals surface area contributed by atoms with Crippen LogP contribution in [0, 0.1) is 0 Å². The summed E-state index contributed by atoms with van der Waals surface area (Å²) in [5.41, 5.74) is 2.97. The zero-order valence-electron chi connectivity index (χ0n) is 10.3. The molecule has 3 heteroatoms. The summed E-state index contributed by atoms with van der Waals surface area (Å²) in [6.07, 6.45) is 2.55. The molecule has 1 saturated heterocycles. The summed E-state index contributed by atoms with van der Waals surface area (Å²) >= 11 is 2.10. The quantitative estimate of drug-likeness (QED) is 0.799. The maximum Gasteiger partial charge on any atom is 0.119 e. The van der Waals surface area contributed by atoms with E-state index in [0.717, 1.165) is 18.3 Å². The van der Waals surface area contributed by atoms with Crippen molar-refractivity contribution in [2.75, 3.05) is 25.2 Å². The van der Waals surface area contributed by atoms with Crippen molar-refractivity contribution < 1.29 is 4.74 Å². The maximum absolute atomic E-state index is 5.29. The van der Waals surface area contributed by atoms with Crippen molar-refractivity contribution in [2.45, 2.75) is 25.4 Å². The van der Waals surface area contributed by atoms with Crippen LogP contribution in [0.25, 0.3) is 0 Å². The highest BCUT2D eigenvalue weighted by Crippen LogP contribution is 2.29. The summed E-state index contributed by atoms with van der Waals surface area (Å²) in [5, 5.41) is 0. The van der Waals surface area contributed by atoms with E-state index < -0.39 is 0 Å². The number of rotatable bonds is 2. The molecule has 1 aromatic rings. The van der Waals surface area contributed by atoms with Crippen LogP contribution in [-0.4, -0.2) is 36.1 Å². The summed E-state index contributed by atoms with van der Waals surface area (Å²) in [6, 6.07) is 7.35. The van der Waals surface area contributed by atoms with Gasteiger partial charge in [-0.1, -0.05) is 6.07 Å². The molecule has 17 heavy (non-hydrogen) atoms. The summed E-state index contributed by atoms with van der Waals surface area (Å²) in [5.74, 6) is 3.66. The minimum Gasteiger partial charge on any atom is -0.497 e. The molecule has 2 aliphatic rings. The largest absolute Gasteiger partial charge is 0.497 e. The number of methoxy groups -OCH3 is 1. The molecule has 0 spiro atoms. The molecule has 92 valence electrons. The third kappa shape index (κ3) is 2.31. The minimum atomic E-state index is 0.815. The molecule has 0 aromatic heterocycles. The van der Waals surface area contributed by atoms with Crippen molar-refractivity contribution in [3.8, 4) is 5.75 Å². The first-order valence-electron chi connectivity index (χ1n) is 6.34. The molecule has 1 aromatic carbocycles. The first-order valence-corrected chi connectivity index (χ1v) is 7.50. The third-order valence-corrected chi connectivity index (χ3v) is 5.02. The number of ether oxygens (including phenoxy) is 1. The Bertz CT molecular complexity index is 401. The van der Waals surface area contributed by atoms with E-state index in [2.05, 4.69) is 34.9 Å². The molecule has 0 radical (unpaired) electrons. The SMILES string of the molecule is COc1ccc2c(c1)CCN(C1CCSC1)C2. The number of thioether (sulfide) groups is 1. The predicted octanol–water partition coefficient (Wildman–Crippen LogP) is 2.56. The van der Waals surface area contributed by atoms with Crippen molar-refractivity contribution in [1.29, 1.82) is 0 Å². The van der Waals surface area contributed by atoms with Gasteiger partial charge in [0, 0.05) is 24.9 Å². The zero-order chi connectivity index (χ0) is 11.7. The van der Waals surface area contributed by atoms with Crippen molar-refractivity contribution in [2.24, 2.45) is 0 Å². The van der Waals surface area contributed by atoms with Gasteiger partial charge < -0.3 is 4.74 Å². The second-order valence-electron chi connectivity index (χ2n) is 4.87. The van der Waals surface area contributed by atoms with Gasteiger partial charge in [0.15, 0.2) is 0 Å². The van der Waals surface area contributed by atoms with Crippen LogP contribution in [0.3, 0.4) is 0 Å². The highest BCUT2D eigenvalue weighted by atomic mass is 32.2. The van der Waals surface area contributed by atoms with Crippen LogP contribution in [0.4, 0.5) is 0 Å². The molecule has 0 amide bonds. The van der Waals surface area contributed by atoms with Crippen LogP contribution in [0.5, 0.6) is 5.75 Å². The second kappa shape index (κ2) is 4.91. The predicted molar refractivity (Wildman–Crippen MR) is 72.8 cm³/mol. The van der Waals surface area contributed by atoms with E-state index in [1.807, 2.05) is 0 Å². The monoisotopic (exact) mass is 249 g/mol. The number of hydrogen-bond acceptors (Lipinski definition) is 3. The van der Waals surface area contributed by atoms with Gasteiger partial charge in [-0.25, -0.2) is 0 Å². The van der Waals surface area contributed by atoms with Crippen LogP contribution in [-0.2, 0) is 13.0 Å². The lowest BCUT2D eigenvalue weighted by molar-refractivity contribution is 0.194. The van der Waals surface area contributed by atoms with Crippen molar-refractivity contribution >= 4 is 11.8 Å². The van der Waals surface area contributed by atoms with Gasteiger partial charge in [-0.15, -0.1) is 0 Å². The van der Waals surface area contributed by atoms with E-state index in [4.69, 9.17) is 4.74 Å². The van der Waals surface area contributed by atoms with Gasteiger partial charge in [0.25, 0.3) is 0 Å². The van der Waals surface area contributed by atoms with E-state index in [-0.39, 0.29) is 0 Å². The minimum absolute atomic E-state index is 0.815. The Kier molecular flexibility index (Phi) is 3.30. The third-order valence-electron chi connectivity index (χ3n) is 3.88. The average molecular weight is 249 g/mol. The molecule has 1 atom stereocenters. The standard InChI is InChI=1S/C14H19NOS/c1-16-14-3-2-12-9-15(6-4-11(12)8-14)13-5-7-17-10-13/h2-3,8,13H,4-7,9-10H2,1H3. The van der Waals surface area contributed by atoms with E-state index in [1.54, 1.807) is 7.11 Å². The molecule has 2 aliphatic heterocycles. The van der Waals surface area contributed by atoms with Crippen LogP contribution >= 0.6 is 11.8 Å². The topological polar surface area (TPSA) is 12.5 Å². The maximum atomic E-state index is 5.29. The summed E-state index contributed by atoms with van der Waals surface area (Å²) in [7, 11) is 1.74. The van der Waals surface area contributed by atoms with Gasteiger partial charge >= 0.3 is 0 Å². The van der Waals surface area contributed by atoms with E-state index in [1.165, 1.54) is 42.0 Å². The number of fused-ring (bicyclic) bond motifs is 1. The normalized spacial score (nSPS) is 24.6. The second-order valence-corrected chi connectivity index (χ2v) is 6.02. The van der Waals surface area contributed by atoms with E-state index in [9.17, 15) is 0 Å². The summed E-state index contributed by atoms with van der Waals surface area (Å²) < 4.78 is 5.29. The fourth-order valence-corrected chi connectivity index (χ4v) is 4.05. The van der Waals surface area contributed by atoms with Gasteiger partial charge in [0.1, 0.15) is 5.75 Å². The fourth-order valence-electron chi connectivity index (χ4n) is 2.80. The van der Waals surface area contributed by atoms with Gasteiger partial charge in [0.2, 0.25) is 0 Å². The van der Waals surface area contributed by atoms with E-state index in [0.29, 0.717) is 0 Å². The lowest BCUT2D eigenvalue weighted by atomic mass is 9.98. The average Bonchev–Trinajstić information content (AvgIpc) is 2.91. The zero-order valence-corrected chi connectivity index (χ0v) is 11.1. The molecule has 0 N–H and O–H groups in total. The Labute approximate surface area is 107 Å².